The molecule has 1 atom stereocenters. The highest BCUT2D eigenvalue weighted by Crippen LogP contribution is 2.33. The quantitative estimate of drug-likeness (QED) is 0.319. The maximum atomic E-state index is 14.0. The van der Waals surface area contributed by atoms with Crippen molar-refractivity contribution < 1.29 is 18.8 Å². The number of hydrogen-bond donors (Lipinski definition) is 2. The first-order valence-corrected chi connectivity index (χ1v) is 14.0. The second-order valence-corrected chi connectivity index (χ2v) is 10.5. The molecule has 40 heavy (non-hydrogen) atoms. The molecule has 3 aromatic rings. The molecule has 0 spiro atoms. The normalized spacial score (nSPS) is 14.3. The summed E-state index contributed by atoms with van der Waals surface area (Å²) in [4.78, 5) is 46.0. The minimum atomic E-state index is -0.988. The van der Waals surface area contributed by atoms with E-state index in [4.69, 9.17) is 0 Å². The Balaban J connectivity index is 1.61. The van der Waals surface area contributed by atoms with Gasteiger partial charge in [-0.15, -0.1) is 0 Å². The summed E-state index contributed by atoms with van der Waals surface area (Å²) in [6.45, 7) is 3.83. The van der Waals surface area contributed by atoms with E-state index in [1.807, 2.05) is 32.0 Å². The fourth-order valence-electron chi connectivity index (χ4n) is 5.15. The van der Waals surface area contributed by atoms with Gasteiger partial charge in [0.05, 0.1) is 0 Å². The summed E-state index contributed by atoms with van der Waals surface area (Å²) in [6, 6.07) is 15.8. The van der Waals surface area contributed by atoms with Crippen LogP contribution < -0.4 is 15.5 Å². The highest BCUT2D eigenvalue weighted by molar-refractivity contribution is 6.02. The van der Waals surface area contributed by atoms with Crippen LogP contribution in [0.1, 0.15) is 74.1 Å². The predicted octanol–water partition coefficient (Wildman–Crippen LogP) is 6.17. The molecule has 1 saturated carbocycles. The summed E-state index contributed by atoms with van der Waals surface area (Å²) >= 11 is 0. The van der Waals surface area contributed by atoms with E-state index in [1.54, 1.807) is 36.5 Å². The minimum Gasteiger partial charge on any atom is -0.351 e. The number of carbonyl (C=O) groups is 3. The van der Waals surface area contributed by atoms with Gasteiger partial charge in [-0.25, -0.2) is 9.37 Å². The van der Waals surface area contributed by atoms with E-state index >= 15 is 0 Å². The summed E-state index contributed by atoms with van der Waals surface area (Å²) in [7, 11) is 0. The predicted molar refractivity (Wildman–Crippen MR) is 154 cm³/mol. The van der Waals surface area contributed by atoms with Gasteiger partial charge in [0, 0.05) is 30.8 Å². The first-order chi connectivity index (χ1) is 19.3. The molecule has 210 valence electrons. The van der Waals surface area contributed by atoms with Gasteiger partial charge in [-0.05, 0) is 80.1 Å². The summed E-state index contributed by atoms with van der Waals surface area (Å²) in [5, 5.41) is 5.91. The van der Waals surface area contributed by atoms with Gasteiger partial charge >= 0.3 is 0 Å². The standard InChI is InChI=1S/C32H37FN4O3/c1-22-14-15-23(2)27(21-22)37(30(39)13-8-12-29(38)36-28-11-6-7-20-34-28)31(24-16-18-25(33)19-17-24)32(40)35-26-9-4-3-5-10-26/h6-7,11,14-21,26,31H,3-5,8-10,12-13H2,1-2H3,(H,35,40)(H,34,36,38)/t31-/m1/s1. The Kier molecular flexibility index (Phi) is 10.00. The Morgan fingerprint density at radius 1 is 0.975 bits per heavy atom. The van der Waals surface area contributed by atoms with Crippen molar-refractivity contribution in [2.45, 2.75) is 77.3 Å². The van der Waals surface area contributed by atoms with Gasteiger partial charge in [0.1, 0.15) is 17.7 Å². The Morgan fingerprint density at radius 2 is 1.73 bits per heavy atom. The Hall–Kier alpha value is -4.07. The zero-order valence-electron chi connectivity index (χ0n) is 23.2. The van der Waals surface area contributed by atoms with Crippen LogP contribution in [0, 0.1) is 19.7 Å². The maximum Gasteiger partial charge on any atom is 0.248 e. The summed E-state index contributed by atoms with van der Waals surface area (Å²) in [6.07, 6.45) is 7.09. The minimum absolute atomic E-state index is 0.0371. The lowest BCUT2D eigenvalue weighted by Gasteiger charge is -2.34. The molecule has 0 bridgehead atoms. The van der Waals surface area contributed by atoms with Crippen molar-refractivity contribution in [2.75, 3.05) is 10.2 Å². The van der Waals surface area contributed by atoms with E-state index in [9.17, 15) is 18.8 Å². The van der Waals surface area contributed by atoms with Gasteiger partial charge in [-0.2, -0.15) is 0 Å². The van der Waals surface area contributed by atoms with E-state index in [0.29, 0.717) is 23.5 Å². The van der Waals surface area contributed by atoms with Gasteiger partial charge < -0.3 is 10.6 Å². The zero-order chi connectivity index (χ0) is 28.5. The molecule has 1 fully saturated rings. The fourth-order valence-corrected chi connectivity index (χ4v) is 5.15. The molecule has 4 rings (SSSR count). The van der Waals surface area contributed by atoms with E-state index < -0.39 is 11.9 Å². The van der Waals surface area contributed by atoms with Gasteiger partial charge in [-0.3, -0.25) is 19.3 Å². The Morgan fingerprint density at radius 3 is 2.42 bits per heavy atom. The number of nitrogens with zero attached hydrogens (tertiary/aromatic N) is 2. The molecule has 1 aliphatic carbocycles. The topological polar surface area (TPSA) is 91.4 Å². The molecule has 3 amide bonds. The maximum absolute atomic E-state index is 14.0. The molecule has 1 heterocycles. The highest BCUT2D eigenvalue weighted by atomic mass is 19.1. The monoisotopic (exact) mass is 544 g/mol. The fraction of sp³-hybridized carbons (Fsp3) is 0.375. The van der Waals surface area contributed by atoms with E-state index in [0.717, 1.165) is 43.2 Å². The molecule has 7 nitrogen and oxygen atoms in total. The van der Waals surface area contributed by atoms with Crippen molar-refractivity contribution in [3.05, 3.63) is 89.4 Å². The molecule has 2 aromatic carbocycles. The number of amides is 3. The Bertz CT molecular complexity index is 1310. The van der Waals surface area contributed by atoms with E-state index in [2.05, 4.69) is 15.6 Å². The number of benzene rings is 2. The molecule has 0 aliphatic heterocycles. The number of carbonyl (C=O) groups excluding carboxylic acids is 3. The van der Waals surface area contributed by atoms with Crippen molar-refractivity contribution in [1.29, 1.82) is 0 Å². The van der Waals surface area contributed by atoms with Crippen LogP contribution in [0.15, 0.2) is 66.9 Å². The molecular formula is C32H37FN4O3. The third-order valence-electron chi connectivity index (χ3n) is 7.26. The number of anilines is 2. The average Bonchev–Trinajstić information content (AvgIpc) is 2.95. The first-order valence-electron chi connectivity index (χ1n) is 14.0. The highest BCUT2D eigenvalue weighted by Gasteiger charge is 2.34. The lowest BCUT2D eigenvalue weighted by molar-refractivity contribution is -0.127. The lowest BCUT2D eigenvalue weighted by atomic mass is 9.94. The third kappa shape index (κ3) is 7.74. The molecular weight excluding hydrogens is 507 g/mol. The van der Waals surface area contributed by atoms with Crippen molar-refractivity contribution in [3.63, 3.8) is 0 Å². The SMILES string of the molecule is Cc1ccc(C)c(N(C(=O)CCCC(=O)Nc2ccccn2)[C@@H](C(=O)NC2CCCCC2)c2ccc(F)cc2)c1. The lowest BCUT2D eigenvalue weighted by Crippen LogP contribution is -2.47. The van der Waals surface area contributed by atoms with E-state index in [1.165, 1.54) is 17.0 Å². The average molecular weight is 545 g/mol. The third-order valence-corrected chi connectivity index (χ3v) is 7.26. The summed E-state index contributed by atoms with van der Waals surface area (Å²) < 4.78 is 13.9. The molecule has 1 aromatic heterocycles. The molecule has 0 saturated heterocycles. The first kappa shape index (κ1) is 28.9. The number of rotatable bonds is 10. The molecule has 0 unspecified atom stereocenters. The number of nitrogens with one attached hydrogen (secondary N) is 2. The summed E-state index contributed by atoms with van der Waals surface area (Å²) in [5.74, 6) is -0.784. The summed E-state index contributed by atoms with van der Waals surface area (Å²) in [5.41, 5.74) is 2.93. The second kappa shape index (κ2) is 13.8. The van der Waals surface area contributed by atoms with Gasteiger partial charge in [0.15, 0.2) is 0 Å². The van der Waals surface area contributed by atoms with E-state index in [-0.39, 0.29) is 36.6 Å². The van der Waals surface area contributed by atoms with Crippen molar-refractivity contribution in [2.24, 2.45) is 0 Å². The van der Waals surface area contributed by atoms with Crippen molar-refractivity contribution >= 4 is 29.2 Å². The number of aryl methyl sites for hydroxylation is 2. The molecule has 8 heteroatoms. The number of aromatic nitrogens is 1. The molecule has 1 aliphatic rings. The number of hydrogen-bond acceptors (Lipinski definition) is 4. The van der Waals surface area contributed by atoms with Crippen LogP contribution in [0.25, 0.3) is 0 Å². The van der Waals surface area contributed by atoms with Crippen LogP contribution in [0.3, 0.4) is 0 Å². The van der Waals surface area contributed by atoms with Crippen molar-refractivity contribution in [3.8, 4) is 0 Å². The molecule has 2 N–H and O–H groups in total. The van der Waals surface area contributed by atoms with Crippen LogP contribution >= 0.6 is 0 Å². The Labute approximate surface area is 235 Å². The number of halogens is 1. The van der Waals surface area contributed by atoms with Crippen LogP contribution in [-0.2, 0) is 14.4 Å². The smallest absolute Gasteiger partial charge is 0.248 e. The van der Waals surface area contributed by atoms with Crippen LogP contribution in [0.5, 0.6) is 0 Å². The molecule has 0 radical (unpaired) electrons. The van der Waals surface area contributed by atoms with Crippen LogP contribution in [0.4, 0.5) is 15.9 Å². The van der Waals surface area contributed by atoms with Crippen LogP contribution in [0.2, 0.25) is 0 Å². The van der Waals surface area contributed by atoms with Gasteiger partial charge in [-0.1, -0.05) is 49.6 Å². The zero-order valence-corrected chi connectivity index (χ0v) is 23.2. The van der Waals surface area contributed by atoms with Crippen molar-refractivity contribution in [1.82, 2.24) is 10.3 Å². The largest absolute Gasteiger partial charge is 0.351 e. The van der Waals surface area contributed by atoms with Gasteiger partial charge in [0.2, 0.25) is 17.7 Å². The van der Waals surface area contributed by atoms with Gasteiger partial charge in [0.25, 0.3) is 0 Å². The second-order valence-electron chi connectivity index (χ2n) is 10.5. The number of pyridine rings is 1. The van der Waals surface area contributed by atoms with Crippen LogP contribution in [-0.4, -0.2) is 28.7 Å².